The molecule has 4 nitrogen and oxygen atoms in total. The molecule has 0 unspecified atom stereocenters. The van der Waals surface area contributed by atoms with Crippen LogP contribution in [-0.2, 0) is 6.42 Å². The SMILES string of the molecule is CCc1cccc(C)c1NC(=O)Nc1ccc(C(C)=O)cc1. The zero-order chi connectivity index (χ0) is 16.1. The number of hydrogen-bond donors (Lipinski definition) is 2. The van der Waals surface area contributed by atoms with Gasteiger partial charge < -0.3 is 10.6 Å². The summed E-state index contributed by atoms with van der Waals surface area (Å²) in [7, 11) is 0. The van der Waals surface area contributed by atoms with Crippen molar-refractivity contribution >= 4 is 23.2 Å². The molecule has 0 aromatic heterocycles. The Bertz CT molecular complexity index is 691. The molecule has 4 heteroatoms. The maximum atomic E-state index is 12.1. The van der Waals surface area contributed by atoms with Crippen LogP contribution >= 0.6 is 0 Å². The van der Waals surface area contributed by atoms with Crippen molar-refractivity contribution in [3.8, 4) is 0 Å². The van der Waals surface area contributed by atoms with Crippen LogP contribution in [0.25, 0.3) is 0 Å². The van der Waals surface area contributed by atoms with Gasteiger partial charge in [0.05, 0.1) is 0 Å². The number of benzene rings is 2. The predicted octanol–water partition coefficient (Wildman–Crippen LogP) is 4.40. The second kappa shape index (κ2) is 6.89. The lowest BCUT2D eigenvalue weighted by molar-refractivity contribution is 0.101. The Hall–Kier alpha value is -2.62. The van der Waals surface area contributed by atoms with Gasteiger partial charge in [-0.15, -0.1) is 0 Å². The highest BCUT2D eigenvalue weighted by Crippen LogP contribution is 2.21. The highest BCUT2D eigenvalue weighted by molar-refractivity contribution is 6.01. The molecule has 0 spiro atoms. The van der Waals surface area contributed by atoms with Gasteiger partial charge >= 0.3 is 6.03 Å². The summed E-state index contributed by atoms with van der Waals surface area (Å²) in [6, 6.07) is 12.5. The van der Waals surface area contributed by atoms with Crippen LogP contribution in [0.2, 0.25) is 0 Å². The van der Waals surface area contributed by atoms with Crippen molar-refractivity contribution in [2.45, 2.75) is 27.2 Å². The maximum absolute atomic E-state index is 12.1. The predicted molar refractivity (Wildman–Crippen MR) is 89.6 cm³/mol. The molecule has 0 heterocycles. The molecule has 0 aliphatic rings. The van der Waals surface area contributed by atoms with E-state index >= 15 is 0 Å². The van der Waals surface area contributed by atoms with Crippen molar-refractivity contribution in [1.82, 2.24) is 0 Å². The molecule has 0 atom stereocenters. The van der Waals surface area contributed by atoms with E-state index in [2.05, 4.69) is 17.6 Å². The number of nitrogens with one attached hydrogen (secondary N) is 2. The summed E-state index contributed by atoms with van der Waals surface area (Å²) in [5.41, 5.74) is 4.25. The molecule has 0 saturated carbocycles. The third-order valence-electron chi connectivity index (χ3n) is 3.53. The Morgan fingerprint density at radius 3 is 2.27 bits per heavy atom. The van der Waals surface area contributed by atoms with Crippen LogP contribution in [0.3, 0.4) is 0 Å². The second-order valence-electron chi connectivity index (χ2n) is 5.18. The van der Waals surface area contributed by atoms with Crippen LogP contribution in [0, 0.1) is 6.92 Å². The lowest BCUT2D eigenvalue weighted by Crippen LogP contribution is -2.20. The molecular formula is C18H20N2O2. The molecule has 0 aliphatic carbocycles. The third kappa shape index (κ3) is 3.73. The summed E-state index contributed by atoms with van der Waals surface area (Å²) >= 11 is 0. The quantitative estimate of drug-likeness (QED) is 0.821. The molecule has 2 aromatic carbocycles. The van der Waals surface area contributed by atoms with Crippen LogP contribution < -0.4 is 10.6 Å². The first-order valence-electron chi connectivity index (χ1n) is 7.28. The van der Waals surface area contributed by atoms with E-state index in [0.717, 1.165) is 23.2 Å². The first-order chi connectivity index (χ1) is 10.5. The smallest absolute Gasteiger partial charge is 0.308 e. The molecule has 0 aliphatic heterocycles. The van der Waals surface area contributed by atoms with Crippen LogP contribution in [0.1, 0.15) is 35.3 Å². The van der Waals surface area contributed by atoms with Crippen molar-refractivity contribution < 1.29 is 9.59 Å². The zero-order valence-corrected chi connectivity index (χ0v) is 13.1. The van der Waals surface area contributed by atoms with E-state index in [1.807, 2.05) is 25.1 Å². The maximum Gasteiger partial charge on any atom is 0.323 e. The minimum absolute atomic E-state index is 0.00324. The topological polar surface area (TPSA) is 58.2 Å². The molecule has 2 N–H and O–H groups in total. The third-order valence-corrected chi connectivity index (χ3v) is 3.53. The molecule has 0 saturated heterocycles. The van der Waals surface area contributed by atoms with E-state index in [4.69, 9.17) is 0 Å². The number of carbonyl (C=O) groups is 2. The fourth-order valence-corrected chi connectivity index (χ4v) is 2.27. The number of ketones is 1. The fourth-order valence-electron chi connectivity index (χ4n) is 2.27. The van der Waals surface area contributed by atoms with Gasteiger partial charge in [0.2, 0.25) is 0 Å². The number of para-hydroxylation sites is 1. The summed E-state index contributed by atoms with van der Waals surface area (Å²) in [5, 5.41) is 5.67. The van der Waals surface area contributed by atoms with E-state index in [9.17, 15) is 9.59 Å². The average Bonchev–Trinajstić information content (AvgIpc) is 2.49. The Kier molecular flexibility index (Phi) is 4.94. The molecule has 2 rings (SSSR count). The highest BCUT2D eigenvalue weighted by atomic mass is 16.2. The summed E-state index contributed by atoms with van der Waals surface area (Å²) < 4.78 is 0. The first kappa shape index (κ1) is 15.8. The molecule has 22 heavy (non-hydrogen) atoms. The minimum atomic E-state index is -0.292. The number of carbonyl (C=O) groups excluding carboxylic acids is 2. The monoisotopic (exact) mass is 296 g/mol. The van der Waals surface area contributed by atoms with E-state index < -0.39 is 0 Å². The van der Waals surface area contributed by atoms with Gasteiger partial charge in [0.1, 0.15) is 0 Å². The highest BCUT2D eigenvalue weighted by Gasteiger charge is 2.09. The summed E-state index contributed by atoms with van der Waals surface area (Å²) in [5.74, 6) is 0.00324. The Labute approximate surface area is 130 Å². The van der Waals surface area contributed by atoms with Gasteiger partial charge in [0.25, 0.3) is 0 Å². The van der Waals surface area contributed by atoms with Gasteiger partial charge in [-0.1, -0.05) is 25.1 Å². The number of amides is 2. The minimum Gasteiger partial charge on any atom is -0.308 e. The van der Waals surface area contributed by atoms with E-state index in [-0.39, 0.29) is 11.8 Å². The molecule has 0 bridgehead atoms. The normalized spacial score (nSPS) is 10.1. The molecule has 114 valence electrons. The van der Waals surface area contributed by atoms with Crippen molar-refractivity contribution in [2.24, 2.45) is 0 Å². The lowest BCUT2D eigenvalue weighted by atomic mass is 10.1. The van der Waals surface area contributed by atoms with Crippen LogP contribution in [0.15, 0.2) is 42.5 Å². The van der Waals surface area contributed by atoms with Crippen LogP contribution in [-0.4, -0.2) is 11.8 Å². The second-order valence-corrected chi connectivity index (χ2v) is 5.18. The van der Waals surface area contributed by atoms with E-state index in [1.54, 1.807) is 24.3 Å². The molecule has 2 aromatic rings. The Morgan fingerprint density at radius 2 is 1.68 bits per heavy atom. The Balaban J connectivity index is 2.09. The summed E-state index contributed by atoms with van der Waals surface area (Å²) in [6.07, 6.45) is 0.852. The number of rotatable bonds is 4. The van der Waals surface area contributed by atoms with Crippen LogP contribution in [0.4, 0.5) is 16.2 Å². The molecular weight excluding hydrogens is 276 g/mol. The average molecular weight is 296 g/mol. The van der Waals surface area contributed by atoms with Gasteiger partial charge in [-0.05, 0) is 55.7 Å². The van der Waals surface area contributed by atoms with Crippen molar-refractivity contribution in [2.75, 3.05) is 10.6 Å². The van der Waals surface area contributed by atoms with Gasteiger partial charge in [-0.2, -0.15) is 0 Å². The van der Waals surface area contributed by atoms with Gasteiger partial charge in [0.15, 0.2) is 5.78 Å². The number of urea groups is 1. The summed E-state index contributed by atoms with van der Waals surface area (Å²) in [6.45, 7) is 5.54. The van der Waals surface area contributed by atoms with E-state index in [0.29, 0.717) is 11.3 Å². The number of Topliss-reactive ketones (excluding diaryl/α,β-unsaturated/α-hetero) is 1. The van der Waals surface area contributed by atoms with Crippen molar-refractivity contribution in [3.63, 3.8) is 0 Å². The van der Waals surface area contributed by atoms with Gasteiger partial charge in [-0.3, -0.25) is 4.79 Å². The standard InChI is InChI=1S/C18H20N2O2/c1-4-14-7-5-6-12(2)17(14)20-18(22)19-16-10-8-15(9-11-16)13(3)21/h5-11H,4H2,1-3H3,(H2,19,20,22). The van der Waals surface area contributed by atoms with Crippen LogP contribution in [0.5, 0.6) is 0 Å². The Morgan fingerprint density at radius 1 is 1.00 bits per heavy atom. The largest absolute Gasteiger partial charge is 0.323 e. The zero-order valence-electron chi connectivity index (χ0n) is 13.1. The molecule has 0 radical (unpaired) electrons. The van der Waals surface area contributed by atoms with Gasteiger partial charge in [0, 0.05) is 16.9 Å². The van der Waals surface area contributed by atoms with E-state index in [1.165, 1.54) is 6.92 Å². The summed E-state index contributed by atoms with van der Waals surface area (Å²) in [4.78, 5) is 23.4. The number of anilines is 2. The number of hydrogen-bond acceptors (Lipinski definition) is 2. The van der Waals surface area contributed by atoms with Crippen molar-refractivity contribution in [1.29, 1.82) is 0 Å². The fraction of sp³-hybridized carbons (Fsp3) is 0.222. The molecule has 0 fully saturated rings. The first-order valence-corrected chi connectivity index (χ1v) is 7.28. The molecule has 2 amide bonds. The lowest BCUT2D eigenvalue weighted by Gasteiger charge is -2.13. The number of aryl methyl sites for hydroxylation is 2. The van der Waals surface area contributed by atoms with Gasteiger partial charge in [-0.25, -0.2) is 4.79 Å². The van der Waals surface area contributed by atoms with Crippen molar-refractivity contribution in [3.05, 3.63) is 59.2 Å².